The molecule has 1 heterocycles. The maximum absolute atomic E-state index is 12.6. The van der Waals surface area contributed by atoms with Gasteiger partial charge in [0.2, 0.25) is 0 Å². The van der Waals surface area contributed by atoms with Gasteiger partial charge in [-0.05, 0) is 39.0 Å². The number of fused-ring (bicyclic) bond motifs is 1. The molecule has 0 aliphatic carbocycles. The molecule has 0 unspecified atom stereocenters. The van der Waals surface area contributed by atoms with Gasteiger partial charge in [-0.2, -0.15) is 0 Å². The zero-order valence-electron chi connectivity index (χ0n) is 13.0. The smallest absolute Gasteiger partial charge is 0.290 e. The molecular weight excluding hydrogens is 266 g/mol. The molecule has 0 bridgehead atoms. The largest absolute Gasteiger partial charge is 0.497 e. The number of likely N-dealkylation sites (N-methyl/N-ethyl adjacent to an activating group) is 1. The number of benzene rings is 1. The molecule has 0 saturated carbocycles. The lowest BCUT2D eigenvalue weighted by molar-refractivity contribution is 0.0748. The van der Waals surface area contributed by atoms with E-state index < -0.39 is 0 Å². The Balaban J connectivity index is 2.43. The third-order valence-electron chi connectivity index (χ3n) is 3.47. The van der Waals surface area contributed by atoms with Crippen LogP contribution in [0.25, 0.3) is 11.0 Å². The lowest BCUT2D eigenvalue weighted by Crippen LogP contribution is -2.32. The number of carbonyl (C=O) groups excluding carboxylic acids is 1. The van der Waals surface area contributed by atoms with Crippen molar-refractivity contribution in [3.05, 3.63) is 41.7 Å². The Labute approximate surface area is 125 Å². The molecule has 0 atom stereocenters. The van der Waals surface area contributed by atoms with E-state index in [1.54, 1.807) is 12.0 Å². The summed E-state index contributed by atoms with van der Waals surface area (Å²) in [6.45, 7) is 10.8. The zero-order valence-corrected chi connectivity index (χ0v) is 13.0. The minimum absolute atomic E-state index is 0.104. The summed E-state index contributed by atoms with van der Waals surface area (Å²) < 4.78 is 11.0. The fourth-order valence-electron chi connectivity index (χ4n) is 2.33. The van der Waals surface area contributed by atoms with Crippen LogP contribution in [0.3, 0.4) is 0 Å². The van der Waals surface area contributed by atoms with E-state index in [9.17, 15) is 4.79 Å². The standard InChI is InChI=1S/C17H21NO3/c1-6-18(10-11(2)3)17(19)16-12(4)14-9-13(20-5)7-8-15(14)21-16/h7-9H,2,6,10H2,1,3-5H3. The Bertz CT molecular complexity index is 685. The predicted molar refractivity (Wildman–Crippen MR) is 83.9 cm³/mol. The van der Waals surface area contributed by atoms with Gasteiger partial charge in [-0.1, -0.05) is 12.2 Å². The van der Waals surface area contributed by atoms with Crippen molar-refractivity contribution < 1.29 is 13.9 Å². The van der Waals surface area contributed by atoms with Crippen LogP contribution in [0.5, 0.6) is 5.75 Å². The maximum Gasteiger partial charge on any atom is 0.290 e. The van der Waals surface area contributed by atoms with E-state index in [4.69, 9.17) is 9.15 Å². The molecule has 0 N–H and O–H groups in total. The van der Waals surface area contributed by atoms with Crippen molar-refractivity contribution in [1.29, 1.82) is 0 Å². The highest BCUT2D eigenvalue weighted by Crippen LogP contribution is 2.29. The van der Waals surface area contributed by atoms with E-state index in [0.717, 1.165) is 22.3 Å². The molecule has 0 aliphatic rings. The molecule has 0 fully saturated rings. The van der Waals surface area contributed by atoms with Gasteiger partial charge in [-0.15, -0.1) is 0 Å². The summed E-state index contributed by atoms with van der Waals surface area (Å²) in [7, 11) is 1.62. The summed E-state index contributed by atoms with van der Waals surface area (Å²) in [5, 5.41) is 0.907. The average molecular weight is 287 g/mol. The first kappa shape index (κ1) is 15.2. The molecule has 4 nitrogen and oxygen atoms in total. The summed E-state index contributed by atoms with van der Waals surface area (Å²) in [5.41, 5.74) is 2.48. The lowest BCUT2D eigenvalue weighted by atomic mass is 10.1. The SMILES string of the molecule is C=C(C)CN(CC)C(=O)c1oc2ccc(OC)cc2c1C. The molecule has 2 rings (SSSR count). The van der Waals surface area contributed by atoms with Crippen LogP contribution >= 0.6 is 0 Å². The van der Waals surface area contributed by atoms with Gasteiger partial charge >= 0.3 is 0 Å². The second kappa shape index (κ2) is 6.04. The molecule has 0 radical (unpaired) electrons. The zero-order chi connectivity index (χ0) is 15.6. The minimum Gasteiger partial charge on any atom is -0.497 e. The number of hydrogen-bond acceptors (Lipinski definition) is 3. The van der Waals surface area contributed by atoms with E-state index in [-0.39, 0.29) is 5.91 Å². The predicted octanol–water partition coefficient (Wildman–Crippen LogP) is 3.79. The van der Waals surface area contributed by atoms with Crippen molar-refractivity contribution in [2.24, 2.45) is 0 Å². The lowest BCUT2D eigenvalue weighted by Gasteiger charge is -2.19. The van der Waals surface area contributed by atoms with Gasteiger partial charge in [0.15, 0.2) is 5.76 Å². The molecule has 2 aromatic rings. The van der Waals surface area contributed by atoms with Gasteiger partial charge in [-0.3, -0.25) is 4.79 Å². The fourth-order valence-corrected chi connectivity index (χ4v) is 2.33. The summed E-state index contributed by atoms with van der Waals surface area (Å²) in [4.78, 5) is 14.3. The van der Waals surface area contributed by atoms with Crippen LogP contribution in [0.1, 0.15) is 30.0 Å². The molecule has 0 saturated heterocycles. The Morgan fingerprint density at radius 1 is 1.43 bits per heavy atom. The number of furan rings is 1. The highest BCUT2D eigenvalue weighted by Gasteiger charge is 2.22. The number of aryl methyl sites for hydroxylation is 1. The van der Waals surface area contributed by atoms with E-state index >= 15 is 0 Å². The second-order valence-electron chi connectivity index (χ2n) is 5.19. The normalized spacial score (nSPS) is 10.7. The summed E-state index contributed by atoms with van der Waals surface area (Å²) in [6, 6.07) is 5.54. The van der Waals surface area contributed by atoms with Crippen molar-refractivity contribution in [1.82, 2.24) is 4.90 Å². The molecule has 21 heavy (non-hydrogen) atoms. The van der Waals surface area contributed by atoms with Crippen molar-refractivity contribution >= 4 is 16.9 Å². The van der Waals surface area contributed by atoms with E-state index in [2.05, 4.69) is 6.58 Å². The second-order valence-corrected chi connectivity index (χ2v) is 5.19. The number of ether oxygens (including phenoxy) is 1. The molecular formula is C17H21NO3. The number of methoxy groups -OCH3 is 1. The summed E-state index contributed by atoms with van der Waals surface area (Å²) >= 11 is 0. The fraction of sp³-hybridized carbons (Fsp3) is 0.353. The van der Waals surface area contributed by atoms with Crippen molar-refractivity contribution in [2.45, 2.75) is 20.8 Å². The minimum atomic E-state index is -0.104. The van der Waals surface area contributed by atoms with Gasteiger partial charge in [0, 0.05) is 24.0 Å². The molecule has 112 valence electrons. The average Bonchev–Trinajstić information content (AvgIpc) is 2.80. The number of rotatable bonds is 5. The monoisotopic (exact) mass is 287 g/mol. The summed E-state index contributed by atoms with van der Waals surface area (Å²) in [6.07, 6.45) is 0. The van der Waals surface area contributed by atoms with Gasteiger partial charge in [0.25, 0.3) is 5.91 Å². The number of amides is 1. The summed E-state index contributed by atoms with van der Waals surface area (Å²) in [5.74, 6) is 1.04. The Kier molecular flexibility index (Phi) is 4.36. The third-order valence-corrected chi connectivity index (χ3v) is 3.47. The molecule has 1 aromatic heterocycles. The molecule has 0 spiro atoms. The Morgan fingerprint density at radius 2 is 2.14 bits per heavy atom. The number of carbonyl (C=O) groups is 1. The van der Waals surface area contributed by atoms with Crippen LogP contribution in [-0.4, -0.2) is 31.0 Å². The van der Waals surface area contributed by atoms with Gasteiger partial charge in [0.1, 0.15) is 11.3 Å². The van der Waals surface area contributed by atoms with Crippen LogP contribution in [0.4, 0.5) is 0 Å². The van der Waals surface area contributed by atoms with Crippen LogP contribution < -0.4 is 4.74 Å². The van der Waals surface area contributed by atoms with Crippen molar-refractivity contribution in [3.63, 3.8) is 0 Å². The molecule has 1 aromatic carbocycles. The number of hydrogen-bond donors (Lipinski definition) is 0. The first-order valence-corrected chi connectivity index (χ1v) is 6.98. The van der Waals surface area contributed by atoms with Gasteiger partial charge in [0.05, 0.1) is 7.11 Å². The highest BCUT2D eigenvalue weighted by atomic mass is 16.5. The maximum atomic E-state index is 12.6. The van der Waals surface area contributed by atoms with E-state index in [1.807, 2.05) is 39.0 Å². The van der Waals surface area contributed by atoms with E-state index in [0.29, 0.717) is 24.4 Å². The van der Waals surface area contributed by atoms with Crippen LogP contribution in [-0.2, 0) is 0 Å². The first-order valence-electron chi connectivity index (χ1n) is 6.98. The molecule has 1 amide bonds. The molecule has 0 aliphatic heterocycles. The quantitative estimate of drug-likeness (QED) is 0.786. The Morgan fingerprint density at radius 3 is 2.71 bits per heavy atom. The number of nitrogens with zero attached hydrogens (tertiary/aromatic N) is 1. The Hall–Kier alpha value is -2.23. The van der Waals surface area contributed by atoms with E-state index in [1.165, 1.54) is 0 Å². The highest BCUT2D eigenvalue weighted by molar-refractivity contribution is 5.99. The third kappa shape index (κ3) is 2.94. The van der Waals surface area contributed by atoms with Gasteiger partial charge in [-0.25, -0.2) is 0 Å². The van der Waals surface area contributed by atoms with Crippen LogP contribution in [0.2, 0.25) is 0 Å². The van der Waals surface area contributed by atoms with Crippen LogP contribution in [0.15, 0.2) is 34.8 Å². The molecule has 4 heteroatoms. The van der Waals surface area contributed by atoms with Crippen molar-refractivity contribution in [2.75, 3.05) is 20.2 Å². The van der Waals surface area contributed by atoms with Crippen molar-refractivity contribution in [3.8, 4) is 5.75 Å². The van der Waals surface area contributed by atoms with Crippen LogP contribution in [0, 0.1) is 6.92 Å². The first-order chi connectivity index (χ1) is 9.97. The van der Waals surface area contributed by atoms with Gasteiger partial charge < -0.3 is 14.1 Å². The topological polar surface area (TPSA) is 42.7 Å².